The van der Waals surface area contributed by atoms with Gasteiger partial charge in [0.05, 0.1) is 0 Å². The van der Waals surface area contributed by atoms with Gasteiger partial charge < -0.3 is 14.2 Å². The van der Waals surface area contributed by atoms with E-state index >= 15 is 0 Å². The lowest BCUT2D eigenvalue weighted by Gasteiger charge is -2.06. The van der Waals surface area contributed by atoms with Crippen molar-refractivity contribution in [2.75, 3.05) is 0 Å². The van der Waals surface area contributed by atoms with E-state index in [2.05, 4.69) is 17.9 Å². The lowest BCUT2D eigenvalue weighted by molar-refractivity contribution is -0.132. The van der Waals surface area contributed by atoms with Gasteiger partial charge in [-0.1, -0.05) is 25.3 Å². The van der Waals surface area contributed by atoms with Crippen LogP contribution in [0.1, 0.15) is 6.92 Å². The van der Waals surface area contributed by atoms with Crippen LogP contribution >= 0.6 is 0 Å². The Balaban J connectivity index is 2.09. The van der Waals surface area contributed by atoms with Gasteiger partial charge in [0.15, 0.2) is 0 Å². The molecule has 0 aromatic heterocycles. The second-order valence-electron chi connectivity index (χ2n) is 4.87. The van der Waals surface area contributed by atoms with Gasteiger partial charge in [-0.05, 0) is 42.0 Å². The van der Waals surface area contributed by atoms with Crippen molar-refractivity contribution < 1.29 is 23.8 Å². The first-order chi connectivity index (χ1) is 11.5. The molecule has 24 heavy (non-hydrogen) atoms. The lowest BCUT2D eigenvalue weighted by atomic mass is 10.1. The first-order valence-electron chi connectivity index (χ1n) is 7.06. The molecule has 0 heterocycles. The van der Waals surface area contributed by atoms with Crippen molar-refractivity contribution in [2.45, 2.75) is 6.92 Å². The number of carbonyl (C=O) groups is 2. The van der Waals surface area contributed by atoms with Gasteiger partial charge >= 0.3 is 11.9 Å². The molecule has 0 bridgehead atoms. The molecule has 2 aromatic rings. The van der Waals surface area contributed by atoms with Crippen LogP contribution in [-0.4, -0.2) is 11.9 Å². The Morgan fingerprint density at radius 1 is 1.00 bits per heavy atom. The maximum Gasteiger partial charge on any atom is 0.338 e. The van der Waals surface area contributed by atoms with Crippen LogP contribution in [0.5, 0.6) is 11.5 Å². The number of fused-ring (bicyclic) bond motifs is 1. The minimum atomic E-state index is -0.565. The van der Waals surface area contributed by atoms with Crippen molar-refractivity contribution in [3.05, 3.63) is 73.7 Å². The standard InChI is InChI=1S/C19H16O5/c1-4-18(20)23-10-9-22-16-7-5-15-12-17(8-6-14(15)11-16)24-19(21)13(2)3/h4-12H,1-2H2,3H3/b10-9-. The van der Waals surface area contributed by atoms with Crippen LogP contribution < -0.4 is 9.47 Å². The van der Waals surface area contributed by atoms with E-state index in [-0.39, 0.29) is 0 Å². The highest BCUT2D eigenvalue weighted by atomic mass is 16.5. The first-order valence-corrected chi connectivity index (χ1v) is 7.06. The van der Waals surface area contributed by atoms with E-state index in [1.807, 2.05) is 12.1 Å². The molecule has 0 N–H and O–H groups in total. The molecule has 0 radical (unpaired) electrons. The van der Waals surface area contributed by atoms with Gasteiger partial charge in [0.2, 0.25) is 0 Å². The predicted octanol–water partition coefficient (Wildman–Crippen LogP) is 3.90. The summed E-state index contributed by atoms with van der Waals surface area (Å²) < 4.78 is 15.2. The predicted molar refractivity (Wildman–Crippen MR) is 90.5 cm³/mol. The maximum absolute atomic E-state index is 11.5. The normalized spacial score (nSPS) is 10.4. The van der Waals surface area contributed by atoms with E-state index < -0.39 is 11.9 Å². The van der Waals surface area contributed by atoms with E-state index in [0.717, 1.165) is 23.1 Å². The summed E-state index contributed by atoms with van der Waals surface area (Å²) in [6.45, 7) is 8.41. The third kappa shape index (κ3) is 4.58. The zero-order valence-corrected chi connectivity index (χ0v) is 13.2. The minimum absolute atomic E-state index is 0.336. The Morgan fingerprint density at radius 2 is 1.62 bits per heavy atom. The average molecular weight is 324 g/mol. The summed E-state index contributed by atoms with van der Waals surface area (Å²) in [5.74, 6) is -0.0146. The van der Waals surface area contributed by atoms with Gasteiger partial charge in [-0.3, -0.25) is 0 Å². The summed E-state index contributed by atoms with van der Waals surface area (Å²) in [5, 5.41) is 1.79. The number of esters is 2. The van der Waals surface area contributed by atoms with Gasteiger partial charge in [-0.2, -0.15) is 0 Å². The smallest absolute Gasteiger partial charge is 0.338 e. The Bertz CT molecular complexity index is 833. The van der Waals surface area contributed by atoms with E-state index in [0.29, 0.717) is 17.1 Å². The molecule has 0 amide bonds. The molecule has 0 aliphatic carbocycles. The maximum atomic E-state index is 11.5. The number of benzene rings is 2. The summed E-state index contributed by atoms with van der Waals surface area (Å²) in [6.07, 6.45) is 3.44. The summed E-state index contributed by atoms with van der Waals surface area (Å²) >= 11 is 0. The van der Waals surface area contributed by atoms with Gasteiger partial charge in [0, 0.05) is 11.6 Å². The molecule has 0 atom stereocenters. The van der Waals surface area contributed by atoms with Gasteiger partial charge in [-0.15, -0.1) is 0 Å². The number of ether oxygens (including phenoxy) is 3. The van der Waals surface area contributed by atoms with Gasteiger partial charge in [0.1, 0.15) is 24.0 Å². The number of hydrogen-bond acceptors (Lipinski definition) is 5. The number of carbonyl (C=O) groups excluding carboxylic acids is 2. The largest absolute Gasteiger partial charge is 0.462 e. The fourth-order valence-corrected chi connectivity index (χ4v) is 1.78. The molecule has 0 saturated heterocycles. The van der Waals surface area contributed by atoms with E-state index in [9.17, 15) is 9.59 Å². The molecular formula is C19H16O5. The van der Waals surface area contributed by atoms with Crippen LogP contribution in [0.25, 0.3) is 10.8 Å². The second-order valence-corrected chi connectivity index (χ2v) is 4.87. The molecule has 0 aliphatic rings. The Hall–Kier alpha value is -3.34. The van der Waals surface area contributed by atoms with Crippen LogP contribution in [0.4, 0.5) is 0 Å². The highest BCUT2D eigenvalue weighted by molar-refractivity contribution is 5.90. The van der Waals surface area contributed by atoms with E-state index in [1.54, 1.807) is 31.2 Å². The second kappa shape index (κ2) is 7.78. The van der Waals surface area contributed by atoms with Crippen LogP contribution in [0.2, 0.25) is 0 Å². The Kier molecular flexibility index (Phi) is 5.52. The average Bonchev–Trinajstić information content (AvgIpc) is 2.58. The quantitative estimate of drug-likeness (QED) is 0.349. The third-order valence-corrected chi connectivity index (χ3v) is 2.95. The van der Waals surface area contributed by atoms with Crippen LogP contribution in [0, 0.1) is 0 Å². The minimum Gasteiger partial charge on any atom is -0.462 e. The summed E-state index contributed by atoms with van der Waals surface area (Å²) in [7, 11) is 0. The fraction of sp³-hybridized carbons (Fsp3) is 0.0526. The van der Waals surface area contributed by atoms with Gasteiger partial charge in [-0.25, -0.2) is 9.59 Å². The molecule has 0 spiro atoms. The third-order valence-electron chi connectivity index (χ3n) is 2.95. The molecular weight excluding hydrogens is 308 g/mol. The van der Waals surface area contributed by atoms with Crippen LogP contribution in [0.3, 0.4) is 0 Å². The van der Waals surface area contributed by atoms with Crippen molar-refractivity contribution in [3.63, 3.8) is 0 Å². The molecule has 2 rings (SSSR count). The van der Waals surface area contributed by atoms with Crippen molar-refractivity contribution in [1.29, 1.82) is 0 Å². The van der Waals surface area contributed by atoms with E-state index in [4.69, 9.17) is 9.47 Å². The SMILES string of the molecule is C=CC(=O)O/C=C\Oc1ccc2cc(OC(=O)C(=C)C)ccc2c1. The zero-order valence-electron chi connectivity index (χ0n) is 13.2. The molecule has 5 heteroatoms. The molecule has 0 saturated carbocycles. The van der Waals surface area contributed by atoms with Crippen molar-refractivity contribution in [2.24, 2.45) is 0 Å². The Labute approximate surface area is 139 Å². The molecule has 0 fully saturated rings. The van der Waals surface area contributed by atoms with Crippen molar-refractivity contribution >= 4 is 22.7 Å². The first kappa shape index (κ1) is 17.0. The molecule has 5 nitrogen and oxygen atoms in total. The molecule has 0 unspecified atom stereocenters. The number of hydrogen-bond donors (Lipinski definition) is 0. The van der Waals surface area contributed by atoms with Crippen molar-refractivity contribution in [1.82, 2.24) is 0 Å². The summed E-state index contributed by atoms with van der Waals surface area (Å²) in [6, 6.07) is 10.6. The van der Waals surface area contributed by atoms with E-state index in [1.165, 1.54) is 6.26 Å². The Morgan fingerprint density at radius 3 is 2.25 bits per heavy atom. The fourth-order valence-electron chi connectivity index (χ4n) is 1.78. The number of rotatable bonds is 6. The monoisotopic (exact) mass is 324 g/mol. The zero-order chi connectivity index (χ0) is 17.5. The highest BCUT2D eigenvalue weighted by Crippen LogP contribution is 2.25. The molecule has 2 aromatic carbocycles. The van der Waals surface area contributed by atoms with Crippen LogP contribution in [0.15, 0.2) is 73.7 Å². The molecule has 0 aliphatic heterocycles. The van der Waals surface area contributed by atoms with Crippen molar-refractivity contribution in [3.8, 4) is 11.5 Å². The molecule has 122 valence electrons. The summed E-state index contributed by atoms with van der Waals surface area (Å²) in [5.41, 5.74) is 0.336. The lowest BCUT2D eigenvalue weighted by Crippen LogP contribution is -2.07. The topological polar surface area (TPSA) is 61.8 Å². The highest BCUT2D eigenvalue weighted by Gasteiger charge is 2.06. The summed E-state index contributed by atoms with van der Waals surface area (Å²) in [4.78, 5) is 22.4. The van der Waals surface area contributed by atoms with Gasteiger partial charge in [0.25, 0.3) is 0 Å². The van der Waals surface area contributed by atoms with Crippen LogP contribution in [-0.2, 0) is 14.3 Å².